The van der Waals surface area contributed by atoms with E-state index >= 15 is 0 Å². The number of ether oxygens (including phenoxy) is 3. The minimum absolute atomic E-state index is 0.0322. The number of allylic oxidation sites excluding steroid dienone is 2. The molecule has 0 fully saturated rings. The van der Waals surface area contributed by atoms with Crippen molar-refractivity contribution >= 4 is 39.5 Å². The molecule has 0 spiro atoms. The molecule has 2 heterocycles. The number of aromatic nitrogens is 1. The molecule has 0 saturated carbocycles. The predicted molar refractivity (Wildman–Crippen MR) is 115 cm³/mol. The topological polar surface area (TPSA) is 104 Å². The van der Waals surface area contributed by atoms with Gasteiger partial charge in [0.1, 0.15) is 17.5 Å². The number of carbonyl (C=O) groups is 3. The van der Waals surface area contributed by atoms with Crippen molar-refractivity contribution in [1.82, 2.24) is 10.3 Å². The summed E-state index contributed by atoms with van der Waals surface area (Å²) in [4.78, 5) is 42.9. The summed E-state index contributed by atoms with van der Waals surface area (Å²) in [5.74, 6) is -3.38. The Morgan fingerprint density at radius 1 is 0.968 bits per heavy atom. The van der Waals surface area contributed by atoms with E-state index in [4.69, 9.17) is 14.2 Å². The Balaban J connectivity index is 1.91. The maximum absolute atomic E-state index is 13.2. The lowest BCUT2D eigenvalue weighted by Crippen LogP contribution is -2.38. The predicted octanol–water partition coefficient (Wildman–Crippen LogP) is 3.23. The number of nitrogens with zero attached hydrogens (tertiary/aromatic N) is 1. The molecule has 1 aromatic heterocycles. The van der Waals surface area contributed by atoms with Gasteiger partial charge in [0.25, 0.3) is 0 Å². The van der Waals surface area contributed by atoms with Crippen LogP contribution in [-0.4, -0.2) is 36.1 Å². The van der Waals surface area contributed by atoms with Gasteiger partial charge >= 0.3 is 17.9 Å². The monoisotopic (exact) mass is 444 g/mol. The van der Waals surface area contributed by atoms with E-state index in [2.05, 4.69) is 10.3 Å². The highest BCUT2D eigenvalue weighted by molar-refractivity contribution is 7.18. The fourth-order valence-corrected chi connectivity index (χ4v) is 4.27. The molecule has 2 aromatic rings. The lowest BCUT2D eigenvalue weighted by molar-refractivity contribution is -0.152. The average Bonchev–Trinajstić information content (AvgIpc) is 3.14. The molecular weight excluding hydrogens is 420 g/mol. The fraction of sp³-hybridized carbons (Fsp3) is 0.364. The summed E-state index contributed by atoms with van der Waals surface area (Å²) in [6.45, 7) is 6.79. The van der Waals surface area contributed by atoms with E-state index in [1.165, 1.54) is 11.3 Å². The number of fused-ring (bicyclic) bond motifs is 1. The molecule has 0 amide bonds. The standard InChI is InChI=1S/C22H24N2O6S/c1-5-28-20(25)17-12(3)23-13(4)18(21(26)29-6-2)19(17)22(27)30-11-16-24-14-9-7-8-10-15(14)31-16/h7-10,19,23H,5-6,11H2,1-4H3. The number of esters is 3. The van der Waals surface area contributed by atoms with Gasteiger partial charge in [0.2, 0.25) is 0 Å². The Hall–Kier alpha value is -3.20. The van der Waals surface area contributed by atoms with E-state index < -0.39 is 23.8 Å². The lowest BCUT2D eigenvalue weighted by atomic mass is 9.85. The first-order valence-corrected chi connectivity index (χ1v) is 10.7. The van der Waals surface area contributed by atoms with Crippen LogP contribution in [0.25, 0.3) is 10.2 Å². The third-order valence-electron chi connectivity index (χ3n) is 4.66. The number of rotatable bonds is 7. The number of nitrogens with one attached hydrogen (secondary N) is 1. The van der Waals surface area contributed by atoms with Crippen LogP contribution in [-0.2, 0) is 35.2 Å². The lowest BCUT2D eigenvalue weighted by Gasteiger charge is -2.28. The molecule has 1 aromatic carbocycles. The van der Waals surface area contributed by atoms with Crippen molar-refractivity contribution in [2.24, 2.45) is 5.92 Å². The van der Waals surface area contributed by atoms with E-state index in [-0.39, 0.29) is 31.0 Å². The molecule has 1 N–H and O–H groups in total. The minimum Gasteiger partial charge on any atom is -0.463 e. The molecule has 1 aliphatic rings. The summed E-state index contributed by atoms with van der Waals surface area (Å²) < 4.78 is 16.7. The zero-order valence-electron chi connectivity index (χ0n) is 17.8. The van der Waals surface area contributed by atoms with Crippen molar-refractivity contribution in [1.29, 1.82) is 0 Å². The smallest absolute Gasteiger partial charge is 0.337 e. The number of thiazole rings is 1. The molecule has 0 unspecified atom stereocenters. The molecule has 1 aliphatic heterocycles. The molecule has 3 rings (SSSR count). The molecule has 0 radical (unpaired) electrons. The Morgan fingerprint density at radius 3 is 2.10 bits per heavy atom. The van der Waals surface area contributed by atoms with Gasteiger partial charge in [-0.3, -0.25) is 4.79 Å². The van der Waals surface area contributed by atoms with Gasteiger partial charge < -0.3 is 19.5 Å². The minimum atomic E-state index is -1.26. The SMILES string of the molecule is CCOC(=O)C1=C(C)NC(C)=C(C(=O)OCC)C1C(=O)OCc1nc2ccccc2s1. The van der Waals surface area contributed by atoms with Crippen molar-refractivity contribution < 1.29 is 28.6 Å². The second-order valence-electron chi connectivity index (χ2n) is 6.76. The average molecular weight is 445 g/mol. The highest BCUT2D eigenvalue weighted by Crippen LogP contribution is 2.33. The highest BCUT2D eigenvalue weighted by atomic mass is 32.1. The number of para-hydroxylation sites is 1. The Morgan fingerprint density at radius 2 is 1.55 bits per heavy atom. The van der Waals surface area contributed by atoms with Gasteiger partial charge in [-0.2, -0.15) is 0 Å². The van der Waals surface area contributed by atoms with Gasteiger partial charge in [0, 0.05) is 11.4 Å². The van der Waals surface area contributed by atoms with Crippen LogP contribution in [0.2, 0.25) is 0 Å². The van der Waals surface area contributed by atoms with Gasteiger partial charge in [-0.25, -0.2) is 14.6 Å². The van der Waals surface area contributed by atoms with Gasteiger partial charge in [0.05, 0.1) is 34.6 Å². The molecule has 0 atom stereocenters. The summed E-state index contributed by atoms with van der Waals surface area (Å²) in [6, 6.07) is 7.59. The number of carbonyl (C=O) groups excluding carboxylic acids is 3. The second kappa shape index (κ2) is 9.74. The third-order valence-corrected chi connectivity index (χ3v) is 5.67. The van der Waals surface area contributed by atoms with Crippen LogP contribution >= 0.6 is 11.3 Å². The van der Waals surface area contributed by atoms with Gasteiger partial charge in [-0.1, -0.05) is 12.1 Å². The molecule has 9 heteroatoms. The summed E-state index contributed by atoms with van der Waals surface area (Å²) in [6.07, 6.45) is 0. The van der Waals surface area contributed by atoms with Crippen LogP contribution in [0.3, 0.4) is 0 Å². The van der Waals surface area contributed by atoms with Gasteiger partial charge in [0.15, 0.2) is 0 Å². The number of hydrogen-bond donors (Lipinski definition) is 1. The van der Waals surface area contributed by atoms with E-state index in [1.54, 1.807) is 27.7 Å². The number of benzene rings is 1. The quantitative estimate of drug-likeness (QED) is 0.513. The van der Waals surface area contributed by atoms with Crippen molar-refractivity contribution in [3.8, 4) is 0 Å². The Kier molecular flexibility index (Phi) is 7.06. The first kappa shape index (κ1) is 22.5. The molecule has 0 bridgehead atoms. The van der Waals surface area contributed by atoms with Crippen molar-refractivity contribution in [3.05, 3.63) is 51.8 Å². The summed E-state index contributed by atoms with van der Waals surface area (Å²) >= 11 is 1.41. The van der Waals surface area contributed by atoms with Crippen LogP contribution in [0, 0.1) is 5.92 Å². The first-order chi connectivity index (χ1) is 14.9. The Labute approximate surface area is 183 Å². The van der Waals surface area contributed by atoms with Crippen molar-refractivity contribution in [2.75, 3.05) is 13.2 Å². The van der Waals surface area contributed by atoms with Crippen molar-refractivity contribution in [2.45, 2.75) is 34.3 Å². The van der Waals surface area contributed by atoms with Crippen LogP contribution in [0.5, 0.6) is 0 Å². The second-order valence-corrected chi connectivity index (χ2v) is 7.87. The number of dihydropyridines is 1. The first-order valence-electron chi connectivity index (χ1n) is 9.91. The van der Waals surface area contributed by atoms with E-state index in [0.717, 1.165) is 10.2 Å². The zero-order chi connectivity index (χ0) is 22.5. The molecule has 0 aliphatic carbocycles. The largest absolute Gasteiger partial charge is 0.463 e. The molecule has 31 heavy (non-hydrogen) atoms. The van der Waals surface area contributed by atoms with Crippen LogP contribution < -0.4 is 5.32 Å². The summed E-state index contributed by atoms with van der Waals surface area (Å²) in [5, 5.41) is 3.59. The fourth-order valence-electron chi connectivity index (χ4n) is 3.39. The third kappa shape index (κ3) is 4.77. The highest BCUT2D eigenvalue weighted by Gasteiger charge is 2.42. The summed E-state index contributed by atoms with van der Waals surface area (Å²) in [7, 11) is 0. The molecule has 0 saturated heterocycles. The van der Waals surface area contributed by atoms with Crippen LogP contribution in [0.4, 0.5) is 0 Å². The maximum atomic E-state index is 13.2. The van der Waals surface area contributed by atoms with Crippen LogP contribution in [0.1, 0.15) is 32.7 Å². The van der Waals surface area contributed by atoms with Gasteiger partial charge in [-0.05, 0) is 39.8 Å². The number of hydrogen-bond acceptors (Lipinski definition) is 9. The molecular formula is C22H24N2O6S. The Bertz CT molecular complexity index is 1010. The van der Waals surface area contributed by atoms with Gasteiger partial charge in [-0.15, -0.1) is 11.3 Å². The molecule has 8 nitrogen and oxygen atoms in total. The normalized spacial score (nSPS) is 14.5. The zero-order valence-corrected chi connectivity index (χ0v) is 18.6. The summed E-state index contributed by atoms with van der Waals surface area (Å²) in [5.41, 5.74) is 1.72. The van der Waals surface area contributed by atoms with E-state index in [9.17, 15) is 14.4 Å². The maximum Gasteiger partial charge on any atom is 0.337 e. The van der Waals surface area contributed by atoms with E-state index in [0.29, 0.717) is 16.4 Å². The molecule has 164 valence electrons. The van der Waals surface area contributed by atoms with E-state index in [1.807, 2.05) is 24.3 Å². The van der Waals surface area contributed by atoms with Crippen LogP contribution in [0.15, 0.2) is 46.8 Å². The van der Waals surface area contributed by atoms with Crippen molar-refractivity contribution in [3.63, 3.8) is 0 Å².